The lowest BCUT2D eigenvalue weighted by Gasteiger charge is -2.38. The molecule has 0 saturated carbocycles. The first-order valence-corrected chi connectivity index (χ1v) is 10.8. The van der Waals surface area contributed by atoms with Crippen LogP contribution in [0.3, 0.4) is 0 Å². The number of aromatic nitrogens is 5. The van der Waals surface area contributed by atoms with Gasteiger partial charge in [-0.1, -0.05) is 16.8 Å². The number of carbonyl (C=O) groups is 1. The van der Waals surface area contributed by atoms with Crippen LogP contribution in [0.4, 0.5) is 0 Å². The van der Waals surface area contributed by atoms with Gasteiger partial charge in [-0.15, -0.1) is 0 Å². The van der Waals surface area contributed by atoms with Gasteiger partial charge in [-0.3, -0.25) is 14.2 Å². The Bertz CT molecular complexity index is 1380. The number of aryl methyl sites for hydroxylation is 1. The number of piperidine rings is 1. The van der Waals surface area contributed by atoms with Crippen LogP contribution >= 0.6 is 11.6 Å². The average molecular weight is 469 g/mol. The molecular weight excluding hydrogens is 448 g/mol. The summed E-state index contributed by atoms with van der Waals surface area (Å²) in [6.45, 7) is 2.49. The quantitative estimate of drug-likeness (QED) is 0.487. The van der Waals surface area contributed by atoms with E-state index in [1.165, 1.54) is 17.1 Å². The number of likely N-dealkylation sites (tertiary alicyclic amines) is 1. The Morgan fingerprint density at radius 3 is 2.64 bits per heavy atom. The molecule has 5 rings (SSSR count). The van der Waals surface area contributed by atoms with Crippen molar-refractivity contribution in [2.75, 3.05) is 13.1 Å². The van der Waals surface area contributed by atoms with Crippen molar-refractivity contribution in [1.82, 2.24) is 29.4 Å². The van der Waals surface area contributed by atoms with E-state index in [2.05, 4.69) is 15.2 Å². The average Bonchev–Trinajstić information content (AvgIpc) is 3.43. The first kappa shape index (κ1) is 21.4. The molecule has 1 aromatic carbocycles. The summed E-state index contributed by atoms with van der Waals surface area (Å²) in [5, 5.41) is 20.1. The van der Waals surface area contributed by atoms with E-state index in [-0.39, 0.29) is 23.7 Å². The Morgan fingerprint density at radius 2 is 1.97 bits per heavy atom. The van der Waals surface area contributed by atoms with Crippen LogP contribution < -0.4 is 5.56 Å². The van der Waals surface area contributed by atoms with E-state index in [1.54, 1.807) is 46.8 Å². The van der Waals surface area contributed by atoms with Crippen molar-refractivity contribution in [3.05, 3.63) is 69.7 Å². The molecule has 0 spiro atoms. The summed E-state index contributed by atoms with van der Waals surface area (Å²) in [6, 6.07) is 8.65. The second kappa shape index (κ2) is 8.13. The Kier molecular flexibility index (Phi) is 5.26. The van der Waals surface area contributed by atoms with Gasteiger partial charge in [0.2, 0.25) is 0 Å². The molecule has 1 amide bonds. The molecule has 0 radical (unpaired) electrons. The summed E-state index contributed by atoms with van der Waals surface area (Å²) < 4.78 is 7.94. The zero-order valence-electron chi connectivity index (χ0n) is 17.8. The van der Waals surface area contributed by atoms with Crippen molar-refractivity contribution in [3.8, 4) is 5.69 Å². The normalized spacial score (nSPS) is 15.8. The molecule has 0 atom stereocenters. The molecule has 3 aromatic heterocycles. The van der Waals surface area contributed by atoms with Crippen LogP contribution in [-0.2, 0) is 6.54 Å². The number of amides is 1. The van der Waals surface area contributed by atoms with Crippen LogP contribution in [-0.4, -0.2) is 59.1 Å². The summed E-state index contributed by atoms with van der Waals surface area (Å²) in [4.78, 5) is 31.7. The highest BCUT2D eigenvalue weighted by molar-refractivity contribution is 6.30. The first-order valence-electron chi connectivity index (χ1n) is 10.5. The number of hydrogen-bond donors (Lipinski definition) is 1. The van der Waals surface area contributed by atoms with Crippen LogP contribution in [0.15, 0.2) is 52.2 Å². The van der Waals surface area contributed by atoms with E-state index in [0.717, 1.165) is 5.69 Å². The number of aliphatic hydroxyl groups is 1. The van der Waals surface area contributed by atoms with Gasteiger partial charge in [-0.2, -0.15) is 5.10 Å². The SMILES string of the molecule is Cc1cc(C(=O)N2CCC(O)(Cn3cnc4c(cnn4-c4ccc(Cl)cc4)c3=O)CC2)no1. The van der Waals surface area contributed by atoms with Crippen molar-refractivity contribution < 1.29 is 14.4 Å². The Morgan fingerprint density at radius 1 is 1.24 bits per heavy atom. The van der Waals surface area contributed by atoms with Gasteiger partial charge in [0.15, 0.2) is 11.3 Å². The maximum Gasteiger partial charge on any atom is 0.276 e. The standard InChI is InChI=1S/C22H21ClN6O4/c1-14-10-18(26-33-14)21(31)27-8-6-22(32,7-9-27)12-28-13-24-19-17(20(28)30)11-25-29(19)16-4-2-15(23)3-5-16/h2-5,10-11,13,32H,6-9,12H2,1H3. The van der Waals surface area contributed by atoms with E-state index in [4.69, 9.17) is 16.1 Å². The van der Waals surface area contributed by atoms with Gasteiger partial charge in [0, 0.05) is 24.2 Å². The van der Waals surface area contributed by atoms with Gasteiger partial charge >= 0.3 is 0 Å². The lowest BCUT2D eigenvalue weighted by Crippen LogP contribution is -2.49. The fourth-order valence-electron chi connectivity index (χ4n) is 4.06. The van der Waals surface area contributed by atoms with Gasteiger partial charge in [0.05, 0.1) is 24.0 Å². The predicted molar refractivity (Wildman–Crippen MR) is 119 cm³/mol. The van der Waals surface area contributed by atoms with E-state index in [9.17, 15) is 14.7 Å². The zero-order valence-corrected chi connectivity index (χ0v) is 18.6. The fraction of sp³-hybridized carbons (Fsp3) is 0.318. The van der Waals surface area contributed by atoms with Crippen LogP contribution in [0.1, 0.15) is 29.1 Å². The Balaban J connectivity index is 1.33. The van der Waals surface area contributed by atoms with Crippen molar-refractivity contribution in [2.45, 2.75) is 31.9 Å². The summed E-state index contributed by atoms with van der Waals surface area (Å²) in [5.74, 6) is 0.331. The molecule has 1 fully saturated rings. The van der Waals surface area contributed by atoms with Crippen molar-refractivity contribution in [3.63, 3.8) is 0 Å². The molecule has 1 aliphatic heterocycles. The molecule has 0 aliphatic carbocycles. The second-order valence-corrected chi connectivity index (χ2v) is 8.72. The van der Waals surface area contributed by atoms with E-state index >= 15 is 0 Å². The Labute approximate surface area is 193 Å². The number of rotatable bonds is 4. The van der Waals surface area contributed by atoms with Crippen LogP contribution in [0.25, 0.3) is 16.7 Å². The molecule has 0 unspecified atom stereocenters. The molecule has 170 valence electrons. The largest absolute Gasteiger partial charge is 0.388 e. The molecule has 1 saturated heterocycles. The number of nitrogens with zero attached hydrogens (tertiary/aromatic N) is 6. The molecule has 1 aliphatic rings. The van der Waals surface area contributed by atoms with Crippen molar-refractivity contribution in [1.29, 1.82) is 0 Å². The predicted octanol–water partition coefficient (Wildman–Crippen LogP) is 2.20. The second-order valence-electron chi connectivity index (χ2n) is 8.29. The van der Waals surface area contributed by atoms with E-state index < -0.39 is 5.60 Å². The number of hydrogen-bond acceptors (Lipinski definition) is 7. The number of benzene rings is 1. The lowest BCUT2D eigenvalue weighted by molar-refractivity contribution is -0.0301. The molecule has 1 N–H and O–H groups in total. The monoisotopic (exact) mass is 468 g/mol. The minimum atomic E-state index is -1.14. The van der Waals surface area contributed by atoms with Gasteiger partial charge < -0.3 is 14.5 Å². The third-order valence-corrected chi connectivity index (χ3v) is 6.17. The van der Waals surface area contributed by atoms with E-state index in [0.29, 0.717) is 47.7 Å². The summed E-state index contributed by atoms with van der Waals surface area (Å²) >= 11 is 5.95. The highest BCUT2D eigenvalue weighted by atomic mass is 35.5. The molecule has 33 heavy (non-hydrogen) atoms. The zero-order chi connectivity index (χ0) is 23.2. The first-order chi connectivity index (χ1) is 15.8. The molecular formula is C22H21ClN6O4. The van der Waals surface area contributed by atoms with Crippen LogP contribution in [0, 0.1) is 6.92 Å². The van der Waals surface area contributed by atoms with Crippen LogP contribution in [0.5, 0.6) is 0 Å². The fourth-order valence-corrected chi connectivity index (χ4v) is 4.19. The smallest absolute Gasteiger partial charge is 0.276 e. The van der Waals surface area contributed by atoms with Gasteiger partial charge in [-0.25, -0.2) is 9.67 Å². The van der Waals surface area contributed by atoms with E-state index in [1.807, 2.05) is 0 Å². The topological polar surface area (TPSA) is 119 Å². The highest BCUT2D eigenvalue weighted by Gasteiger charge is 2.35. The maximum absolute atomic E-state index is 13.1. The Hall–Kier alpha value is -3.50. The minimum Gasteiger partial charge on any atom is -0.388 e. The summed E-state index contributed by atoms with van der Waals surface area (Å²) in [7, 11) is 0. The summed E-state index contributed by atoms with van der Waals surface area (Å²) in [5.41, 5.74) is -0.0142. The van der Waals surface area contributed by atoms with Crippen molar-refractivity contribution >= 4 is 28.5 Å². The minimum absolute atomic E-state index is 0.0754. The maximum atomic E-state index is 13.1. The van der Waals surface area contributed by atoms with Crippen LogP contribution in [0.2, 0.25) is 5.02 Å². The number of fused-ring (bicyclic) bond motifs is 1. The third-order valence-electron chi connectivity index (χ3n) is 5.92. The molecule has 10 nitrogen and oxygen atoms in total. The van der Waals surface area contributed by atoms with Gasteiger partial charge in [-0.05, 0) is 44.0 Å². The highest BCUT2D eigenvalue weighted by Crippen LogP contribution is 2.25. The third kappa shape index (κ3) is 4.03. The number of carbonyl (C=O) groups excluding carboxylic acids is 1. The molecule has 4 aromatic rings. The summed E-state index contributed by atoms with van der Waals surface area (Å²) in [6.07, 6.45) is 3.54. The van der Waals surface area contributed by atoms with Gasteiger partial charge in [0.25, 0.3) is 11.5 Å². The van der Waals surface area contributed by atoms with Gasteiger partial charge in [0.1, 0.15) is 17.5 Å². The number of halogens is 1. The molecule has 4 heterocycles. The molecule has 0 bridgehead atoms. The molecule has 11 heteroatoms. The van der Waals surface area contributed by atoms with Crippen molar-refractivity contribution in [2.24, 2.45) is 0 Å². The lowest BCUT2D eigenvalue weighted by atomic mass is 9.91.